The third-order valence-corrected chi connectivity index (χ3v) is 1.46. The SMILES string of the molecule is C1CCNCC1.CC#CC.O. The Balaban J connectivity index is 0. The van der Waals surface area contributed by atoms with Crippen LogP contribution in [0.5, 0.6) is 0 Å². The van der Waals surface area contributed by atoms with Gasteiger partial charge in [0.05, 0.1) is 0 Å². The lowest BCUT2D eigenvalue weighted by Crippen LogP contribution is -2.21. The van der Waals surface area contributed by atoms with Crippen LogP contribution < -0.4 is 5.32 Å². The number of piperidine rings is 1. The topological polar surface area (TPSA) is 43.5 Å². The van der Waals surface area contributed by atoms with Gasteiger partial charge in [-0.05, 0) is 39.8 Å². The molecule has 0 spiro atoms. The fourth-order valence-corrected chi connectivity index (χ4v) is 0.802. The van der Waals surface area contributed by atoms with Gasteiger partial charge in [0.2, 0.25) is 0 Å². The Morgan fingerprint density at radius 3 is 1.45 bits per heavy atom. The van der Waals surface area contributed by atoms with E-state index in [-0.39, 0.29) is 5.48 Å². The summed E-state index contributed by atoms with van der Waals surface area (Å²) in [6, 6.07) is 0. The summed E-state index contributed by atoms with van der Waals surface area (Å²) >= 11 is 0. The number of hydrogen-bond donors (Lipinski definition) is 1. The highest BCUT2D eigenvalue weighted by molar-refractivity contribution is 4.89. The summed E-state index contributed by atoms with van der Waals surface area (Å²) < 4.78 is 0. The maximum absolute atomic E-state index is 3.28. The van der Waals surface area contributed by atoms with Crippen LogP contribution in [0.4, 0.5) is 0 Å². The predicted octanol–water partition coefficient (Wildman–Crippen LogP) is 0.965. The van der Waals surface area contributed by atoms with Crippen LogP contribution >= 0.6 is 0 Å². The van der Waals surface area contributed by atoms with E-state index in [1.165, 1.54) is 32.4 Å². The van der Waals surface area contributed by atoms with Crippen molar-refractivity contribution in [2.24, 2.45) is 0 Å². The summed E-state index contributed by atoms with van der Waals surface area (Å²) in [5, 5.41) is 3.28. The first-order valence-corrected chi connectivity index (χ1v) is 3.96. The van der Waals surface area contributed by atoms with Crippen LogP contribution in [0.1, 0.15) is 33.1 Å². The monoisotopic (exact) mass is 157 g/mol. The van der Waals surface area contributed by atoms with Gasteiger partial charge in [-0.1, -0.05) is 6.42 Å². The molecule has 0 aromatic carbocycles. The highest BCUT2D eigenvalue weighted by Gasteiger charge is 1.93. The lowest BCUT2D eigenvalue weighted by Gasteiger charge is -2.08. The van der Waals surface area contributed by atoms with Gasteiger partial charge >= 0.3 is 0 Å². The van der Waals surface area contributed by atoms with E-state index in [0.29, 0.717) is 0 Å². The molecule has 66 valence electrons. The van der Waals surface area contributed by atoms with Gasteiger partial charge in [0, 0.05) is 0 Å². The fourth-order valence-electron chi connectivity index (χ4n) is 0.802. The van der Waals surface area contributed by atoms with Gasteiger partial charge in [-0.25, -0.2) is 0 Å². The van der Waals surface area contributed by atoms with E-state index in [1.54, 1.807) is 0 Å². The van der Waals surface area contributed by atoms with Crippen molar-refractivity contribution in [3.63, 3.8) is 0 Å². The van der Waals surface area contributed by atoms with Crippen molar-refractivity contribution in [3.8, 4) is 11.8 Å². The van der Waals surface area contributed by atoms with Gasteiger partial charge in [-0.15, -0.1) is 11.8 Å². The molecule has 2 nitrogen and oxygen atoms in total. The normalized spacial score (nSPS) is 14.4. The Labute approximate surface area is 69.7 Å². The molecule has 11 heavy (non-hydrogen) atoms. The van der Waals surface area contributed by atoms with E-state index in [9.17, 15) is 0 Å². The molecule has 1 aliphatic rings. The van der Waals surface area contributed by atoms with Crippen molar-refractivity contribution in [2.45, 2.75) is 33.1 Å². The molecule has 0 amide bonds. The molecule has 1 aliphatic heterocycles. The molecule has 0 bridgehead atoms. The molecule has 0 aromatic heterocycles. The third-order valence-electron chi connectivity index (χ3n) is 1.46. The molecular formula is C9H19NO. The van der Waals surface area contributed by atoms with Gasteiger partial charge in [0.25, 0.3) is 0 Å². The van der Waals surface area contributed by atoms with Crippen molar-refractivity contribution in [3.05, 3.63) is 0 Å². The quantitative estimate of drug-likeness (QED) is 0.523. The van der Waals surface area contributed by atoms with Crippen LogP contribution in [0, 0.1) is 11.8 Å². The second-order valence-corrected chi connectivity index (χ2v) is 2.31. The average Bonchev–Trinajstić information content (AvgIpc) is 2.08. The average molecular weight is 157 g/mol. The van der Waals surface area contributed by atoms with Crippen molar-refractivity contribution in [2.75, 3.05) is 13.1 Å². The van der Waals surface area contributed by atoms with Crippen molar-refractivity contribution < 1.29 is 5.48 Å². The Morgan fingerprint density at radius 1 is 0.909 bits per heavy atom. The van der Waals surface area contributed by atoms with Gasteiger partial charge < -0.3 is 10.8 Å². The second-order valence-electron chi connectivity index (χ2n) is 2.31. The smallest absolute Gasteiger partial charge is 0.00271 e. The summed E-state index contributed by atoms with van der Waals surface area (Å²) in [6.45, 7) is 6.14. The minimum atomic E-state index is 0. The standard InChI is InChI=1S/C5H11N.C4H6.H2O/c1-2-4-6-5-3-1;1-3-4-2;/h6H,1-5H2;1-2H3;1H2. The van der Waals surface area contributed by atoms with E-state index in [4.69, 9.17) is 0 Å². The zero-order valence-corrected chi connectivity index (χ0v) is 7.54. The molecule has 1 fully saturated rings. The second kappa shape index (κ2) is 12.2. The first kappa shape index (κ1) is 13.1. The summed E-state index contributed by atoms with van der Waals surface area (Å²) in [6.07, 6.45) is 4.22. The molecule has 0 aliphatic carbocycles. The zero-order valence-electron chi connectivity index (χ0n) is 7.54. The lowest BCUT2D eigenvalue weighted by molar-refractivity contribution is 0.520. The minimum absolute atomic E-state index is 0. The fraction of sp³-hybridized carbons (Fsp3) is 0.778. The van der Waals surface area contributed by atoms with E-state index in [0.717, 1.165) is 0 Å². The Bertz CT molecular complexity index is 91.0. The first-order valence-electron chi connectivity index (χ1n) is 3.96. The molecule has 0 unspecified atom stereocenters. The van der Waals surface area contributed by atoms with E-state index in [1.807, 2.05) is 13.8 Å². The van der Waals surface area contributed by atoms with E-state index >= 15 is 0 Å². The molecule has 0 aromatic rings. The summed E-state index contributed by atoms with van der Waals surface area (Å²) in [5.74, 6) is 5.36. The highest BCUT2D eigenvalue weighted by atomic mass is 16.0. The van der Waals surface area contributed by atoms with Crippen LogP contribution in [0.2, 0.25) is 0 Å². The summed E-state index contributed by atoms with van der Waals surface area (Å²) in [5.41, 5.74) is 0. The number of hydrogen-bond acceptors (Lipinski definition) is 1. The van der Waals surface area contributed by atoms with E-state index in [2.05, 4.69) is 17.2 Å². The van der Waals surface area contributed by atoms with Crippen LogP contribution in [-0.4, -0.2) is 18.6 Å². The molecular weight excluding hydrogens is 138 g/mol. The molecule has 0 atom stereocenters. The number of nitrogens with one attached hydrogen (secondary N) is 1. The largest absolute Gasteiger partial charge is 0.412 e. The summed E-state index contributed by atoms with van der Waals surface area (Å²) in [4.78, 5) is 0. The molecule has 1 heterocycles. The first-order chi connectivity index (χ1) is 4.91. The summed E-state index contributed by atoms with van der Waals surface area (Å²) in [7, 11) is 0. The Morgan fingerprint density at radius 2 is 1.36 bits per heavy atom. The van der Waals surface area contributed by atoms with Gasteiger partial charge in [0.15, 0.2) is 0 Å². The molecule has 1 rings (SSSR count). The van der Waals surface area contributed by atoms with Crippen molar-refractivity contribution >= 4 is 0 Å². The Hall–Kier alpha value is -0.520. The van der Waals surface area contributed by atoms with Crippen LogP contribution in [0.15, 0.2) is 0 Å². The van der Waals surface area contributed by atoms with Crippen LogP contribution in [0.25, 0.3) is 0 Å². The molecule has 2 heteroatoms. The van der Waals surface area contributed by atoms with Gasteiger partial charge in [0.1, 0.15) is 0 Å². The maximum Gasteiger partial charge on any atom is -0.00271 e. The van der Waals surface area contributed by atoms with E-state index < -0.39 is 0 Å². The van der Waals surface area contributed by atoms with Gasteiger partial charge in [-0.2, -0.15) is 0 Å². The molecule has 3 N–H and O–H groups in total. The lowest BCUT2D eigenvalue weighted by atomic mass is 10.2. The minimum Gasteiger partial charge on any atom is -0.412 e. The Kier molecular flexibility index (Phi) is 14.5. The molecule has 0 saturated carbocycles. The van der Waals surface area contributed by atoms with Crippen molar-refractivity contribution in [1.29, 1.82) is 0 Å². The van der Waals surface area contributed by atoms with Gasteiger partial charge in [-0.3, -0.25) is 0 Å². The molecule has 1 saturated heterocycles. The zero-order chi connectivity index (χ0) is 7.66. The van der Waals surface area contributed by atoms with Crippen LogP contribution in [0.3, 0.4) is 0 Å². The molecule has 0 radical (unpaired) electrons. The highest BCUT2D eigenvalue weighted by Crippen LogP contribution is 1.96. The number of rotatable bonds is 0. The third kappa shape index (κ3) is 12.6. The van der Waals surface area contributed by atoms with Crippen molar-refractivity contribution in [1.82, 2.24) is 5.32 Å². The van der Waals surface area contributed by atoms with Crippen LogP contribution in [-0.2, 0) is 0 Å². The predicted molar refractivity (Wildman–Crippen MR) is 49.5 cm³/mol. The maximum atomic E-state index is 3.28.